The molecular weight excluding hydrogens is 484 g/mol. The number of amides is 1. The van der Waals surface area contributed by atoms with E-state index in [1.54, 1.807) is 12.1 Å². The number of hydrogen-bond donors (Lipinski definition) is 1. The van der Waals surface area contributed by atoms with Crippen molar-refractivity contribution in [2.24, 2.45) is 5.92 Å². The summed E-state index contributed by atoms with van der Waals surface area (Å²) in [6.07, 6.45) is 0.852. The van der Waals surface area contributed by atoms with E-state index in [1.165, 1.54) is 30.3 Å². The largest absolute Gasteiger partial charge is 0.755 e. The number of nitrogens with one attached hydrogen (secondary N) is 1. The molecule has 1 aromatic heterocycles. The molecule has 9 heteroatoms. The molecule has 3 aromatic rings. The van der Waals surface area contributed by atoms with E-state index in [9.17, 15) is 18.4 Å². The molecule has 7 nitrogen and oxygen atoms in total. The van der Waals surface area contributed by atoms with Gasteiger partial charge in [0, 0.05) is 35.2 Å². The molecule has 0 spiro atoms. The van der Waals surface area contributed by atoms with Gasteiger partial charge in [0.15, 0.2) is 6.04 Å². The number of benzene rings is 2. The lowest BCUT2D eigenvalue weighted by Crippen LogP contribution is -2.37. The number of methoxy groups -OCH3 is 1. The molecular formula is C26H29N2O5S2-. The SMILES string of the molecule is COC(=O)[C@H](c1ccccc1)N(Cc1ccc(-c2cc(CC(C)C)sc2NS(=O)[O-])cc1)C(C)=O. The summed E-state index contributed by atoms with van der Waals surface area (Å²) in [5.74, 6) is -0.325. The molecule has 1 amide bonds. The number of ether oxygens (including phenoxy) is 1. The van der Waals surface area contributed by atoms with Gasteiger partial charge in [-0.15, -0.1) is 11.3 Å². The van der Waals surface area contributed by atoms with E-state index >= 15 is 0 Å². The average Bonchev–Trinajstić information content (AvgIpc) is 3.20. The zero-order chi connectivity index (χ0) is 25.5. The molecule has 35 heavy (non-hydrogen) atoms. The lowest BCUT2D eigenvalue weighted by atomic mass is 10.0. The van der Waals surface area contributed by atoms with Crippen LogP contribution >= 0.6 is 11.3 Å². The van der Waals surface area contributed by atoms with Crippen LogP contribution in [-0.4, -0.2) is 32.6 Å². The molecule has 0 bridgehead atoms. The molecule has 0 aliphatic carbocycles. The number of carbonyl (C=O) groups excluding carboxylic acids is 2. The van der Waals surface area contributed by atoms with Gasteiger partial charge in [0.05, 0.1) is 7.11 Å². The van der Waals surface area contributed by atoms with Crippen LogP contribution < -0.4 is 4.72 Å². The molecule has 186 valence electrons. The Morgan fingerprint density at radius 3 is 2.31 bits per heavy atom. The minimum Gasteiger partial charge on any atom is -0.755 e. The summed E-state index contributed by atoms with van der Waals surface area (Å²) in [6.45, 7) is 5.87. The van der Waals surface area contributed by atoms with Crippen molar-refractivity contribution in [3.63, 3.8) is 0 Å². The van der Waals surface area contributed by atoms with Gasteiger partial charge in [0.1, 0.15) is 5.00 Å². The van der Waals surface area contributed by atoms with Crippen molar-refractivity contribution >= 4 is 39.5 Å². The minimum atomic E-state index is -2.42. The smallest absolute Gasteiger partial charge is 0.333 e. The second-order valence-corrected chi connectivity index (χ2v) is 10.4. The van der Waals surface area contributed by atoms with Crippen LogP contribution in [0, 0.1) is 5.92 Å². The Morgan fingerprint density at radius 1 is 1.11 bits per heavy atom. The second kappa shape index (κ2) is 12.1. The lowest BCUT2D eigenvalue weighted by Gasteiger charge is -2.29. The summed E-state index contributed by atoms with van der Waals surface area (Å²) >= 11 is -0.995. The number of esters is 1. The van der Waals surface area contributed by atoms with Crippen molar-refractivity contribution in [1.82, 2.24) is 4.90 Å². The van der Waals surface area contributed by atoms with Gasteiger partial charge < -0.3 is 18.9 Å². The first-order valence-electron chi connectivity index (χ1n) is 11.2. The molecule has 0 aliphatic rings. The summed E-state index contributed by atoms with van der Waals surface area (Å²) in [5.41, 5.74) is 3.16. The van der Waals surface area contributed by atoms with Crippen molar-refractivity contribution in [2.75, 3.05) is 11.8 Å². The molecule has 2 atom stereocenters. The minimum absolute atomic E-state index is 0.211. The van der Waals surface area contributed by atoms with Crippen LogP contribution in [-0.2, 0) is 38.6 Å². The van der Waals surface area contributed by atoms with E-state index in [2.05, 4.69) is 18.6 Å². The summed E-state index contributed by atoms with van der Waals surface area (Å²) in [6, 6.07) is 17.7. The number of anilines is 1. The molecule has 1 N–H and O–H groups in total. The van der Waals surface area contributed by atoms with Gasteiger partial charge in [0.25, 0.3) is 0 Å². The fourth-order valence-corrected chi connectivity index (χ4v) is 5.65. The van der Waals surface area contributed by atoms with Gasteiger partial charge in [-0.25, -0.2) is 4.79 Å². The number of rotatable bonds is 10. The zero-order valence-corrected chi connectivity index (χ0v) is 21.8. The molecule has 0 saturated heterocycles. The van der Waals surface area contributed by atoms with Gasteiger partial charge in [0.2, 0.25) is 5.91 Å². The van der Waals surface area contributed by atoms with Crippen molar-refractivity contribution in [2.45, 2.75) is 39.8 Å². The average molecular weight is 514 g/mol. The van der Waals surface area contributed by atoms with E-state index in [-0.39, 0.29) is 12.5 Å². The zero-order valence-electron chi connectivity index (χ0n) is 20.1. The van der Waals surface area contributed by atoms with E-state index in [4.69, 9.17) is 4.74 Å². The van der Waals surface area contributed by atoms with Crippen molar-refractivity contribution in [1.29, 1.82) is 0 Å². The molecule has 3 rings (SSSR count). The van der Waals surface area contributed by atoms with E-state index < -0.39 is 23.3 Å². The summed E-state index contributed by atoms with van der Waals surface area (Å²) in [4.78, 5) is 27.8. The van der Waals surface area contributed by atoms with Gasteiger partial charge in [-0.2, -0.15) is 0 Å². The Kier molecular flexibility index (Phi) is 9.20. The fourth-order valence-electron chi connectivity index (χ4n) is 3.87. The Labute approximate surface area is 212 Å². The van der Waals surface area contributed by atoms with Crippen LogP contribution in [0.2, 0.25) is 0 Å². The van der Waals surface area contributed by atoms with Crippen molar-refractivity contribution < 1.29 is 23.1 Å². The monoisotopic (exact) mass is 513 g/mol. The molecule has 0 radical (unpaired) electrons. The van der Waals surface area contributed by atoms with Gasteiger partial charge in [-0.05, 0) is 35.1 Å². The quantitative estimate of drug-likeness (QED) is 0.301. The number of hydrogen-bond acceptors (Lipinski definition) is 6. The predicted molar refractivity (Wildman–Crippen MR) is 138 cm³/mol. The van der Waals surface area contributed by atoms with Gasteiger partial charge in [-0.1, -0.05) is 68.4 Å². The summed E-state index contributed by atoms with van der Waals surface area (Å²) in [7, 11) is 1.31. The number of nitrogens with zero attached hydrogens (tertiary/aromatic N) is 1. The third-order valence-electron chi connectivity index (χ3n) is 5.44. The maximum absolute atomic E-state index is 12.6. The highest BCUT2D eigenvalue weighted by atomic mass is 32.2. The third-order valence-corrected chi connectivity index (χ3v) is 7.02. The standard InChI is InChI=1S/C26H30N2O5S2/c1-17(2)14-22-15-23(25(34-22)27-35(31)32)20-12-10-19(11-13-20)16-28(18(3)29)24(26(30)33-4)21-8-6-5-7-9-21/h5-13,15,17,24,27H,14,16H2,1-4H3,(H,31,32)/p-1/t24-/m0/s1. The molecule has 0 fully saturated rings. The maximum atomic E-state index is 12.6. The Morgan fingerprint density at radius 2 is 1.77 bits per heavy atom. The topological polar surface area (TPSA) is 98.8 Å². The number of thiophene rings is 1. The fraction of sp³-hybridized carbons (Fsp3) is 0.308. The van der Waals surface area contributed by atoms with E-state index in [1.807, 2.05) is 48.5 Å². The lowest BCUT2D eigenvalue weighted by molar-refractivity contribution is -0.153. The van der Waals surface area contributed by atoms with Crippen molar-refractivity contribution in [3.05, 3.63) is 76.7 Å². The van der Waals surface area contributed by atoms with Crippen LogP contribution in [0.3, 0.4) is 0 Å². The normalized spacial score (nSPS) is 12.7. The highest BCUT2D eigenvalue weighted by Crippen LogP contribution is 2.38. The van der Waals surface area contributed by atoms with Crippen molar-refractivity contribution in [3.8, 4) is 11.1 Å². The van der Waals surface area contributed by atoms with Crippen LogP contribution in [0.5, 0.6) is 0 Å². The van der Waals surface area contributed by atoms with Gasteiger partial charge in [-0.3, -0.25) is 9.00 Å². The summed E-state index contributed by atoms with van der Waals surface area (Å²) in [5, 5.41) is 0.571. The highest BCUT2D eigenvalue weighted by Gasteiger charge is 2.30. The molecule has 0 aliphatic heterocycles. The molecule has 2 aromatic carbocycles. The van der Waals surface area contributed by atoms with Crippen LogP contribution in [0.25, 0.3) is 11.1 Å². The molecule has 0 saturated carbocycles. The molecule has 1 heterocycles. The van der Waals surface area contributed by atoms with Gasteiger partial charge >= 0.3 is 5.97 Å². The summed E-state index contributed by atoms with van der Waals surface area (Å²) < 4.78 is 30.1. The second-order valence-electron chi connectivity index (χ2n) is 8.57. The predicted octanol–water partition coefficient (Wildman–Crippen LogP) is 5.08. The highest BCUT2D eigenvalue weighted by molar-refractivity contribution is 7.80. The first kappa shape index (κ1) is 26.6. The number of carbonyl (C=O) groups is 2. The maximum Gasteiger partial charge on any atom is 0.333 e. The Balaban J connectivity index is 1.90. The first-order valence-corrected chi connectivity index (χ1v) is 13.1. The van der Waals surface area contributed by atoms with Crippen LogP contribution in [0.1, 0.15) is 42.8 Å². The Hall–Kier alpha value is -3.01. The van der Waals surface area contributed by atoms with Crippen LogP contribution in [0.15, 0.2) is 60.7 Å². The molecule has 1 unspecified atom stereocenters. The van der Waals surface area contributed by atoms with Crippen LogP contribution in [0.4, 0.5) is 5.00 Å². The first-order chi connectivity index (χ1) is 16.7. The van der Waals surface area contributed by atoms with E-state index in [0.717, 1.165) is 28.0 Å². The van der Waals surface area contributed by atoms with E-state index in [0.29, 0.717) is 16.5 Å². The third kappa shape index (κ3) is 7.00. The Bertz CT molecular complexity index is 1180.